The summed E-state index contributed by atoms with van der Waals surface area (Å²) in [6.07, 6.45) is 2.16. The van der Waals surface area contributed by atoms with Gasteiger partial charge in [0.05, 0.1) is 6.54 Å². The lowest BCUT2D eigenvalue weighted by Gasteiger charge is -2.10. The van der Waals surface area contributed by atoms with Crippen molar-refractivity contribution in [2.24, 2.45) is 0 Å². The van der Waals surface area contributed by atoms with Crippen LogP contribution in [0, 0.1) is 6.92 Å². The van der Waals surface area contributed by atoms with Gasteiger partial charge < -0.3 is 15.1 Å². The molecule has 1 fully saturated rings. The van der Waals surface area contributed by atoms with Crippen molar-refractivity contribution >= 4 is 5.91 Å². The van der Waals surface area contributed by atoms with Gasteiger partial charge in [0.2, 0.25) is 11.8 Å². The highest BCUT2D eigenvalue weighted by Crippen LogP contribution is 2.28. The van der Waals surface area contributed by atoms with E-state index in [4.69, 9.17) is 4.42 Å². The number of nitrogens with zero attached hydrogens (tertiary/aromatic N) is 2. The molecule has 0 bridgehead atoms. The summed E-state index contributed by atoms with van der Waals surface area (Å²) in [4.78, 5) is 12.4. The molecule has 1 amide bonds. The molecule has 1 heterocycles. The summed E-state index contributed by atoms with van der Waals surface area (Å²) in [7, 11) is 0. The molecule has 28 heavy (non-hydrogen) atoms. The highest BCUT2D eigenvalue weighted by Gasteiger charge is 2.24. The van der Waals surface area contributed by atoms with Gasteiger partial charge in [-0.25, -0.2) is 0 Å². The van der Waals surface area contributed by atoms with Gasteiger partial charge in [-0.2, -0.15) is 0 Å². The summed E-state index contributed by atoms with van der Waals surface area (Å²) < 4.78 is 5.70. The van der Waals surface area contributed by atoms with Crippen LogP contribution in [-0.2, 0) is 6.54 Å². The Morgan fingerprint density at radius 3 is 2.57 bits per heavy atom. The number of benzene rings is 2. The fraction of sp³-hybridized carbons (Fsp3) is 0.318. The Morgan fingerprint density at radius 1 is 1.11 bits per heavy atom. The Balaban J connectivity index is 1.54. The van der Waals surface area contributed by atoms with Crippen molar-refractivity contribution in [2.75, 3.05) is 6.54 Å². The Hall–Kier alpha value is -2.99. The van der Waals surface area contributed by atoms with Gasteiger partial charge in [0.25, 0.3) is 5.91 Å². The molecule has 2 aromatic carbocycles. The van der Waals surface area contributed by atoms with E-state index in [0.29, 0.717) is 29.9 Å². The summed E-state index contributed by atoms with van der Waals surface area (Å²) in [5, 5.41) is 14.4. The van der Waals surface area contributed by atoms with Crippen molar-refractivity contribution in [3.05, 3.63) is 59.5 Å². The summed E-state index contributed by atoms with van der Waals surface area (Å²) in [6.45, 7) is 5.50. The smallest absolute Gasteiger partial charge is 0.251 e. The monoisotopic (exact) mass is 376 g/mol. The molecule has 0 unspecified atom stereocenters. The van der Waals surface area contributed by atoms with E-state index >= 15 is 0 Å². The molecule has 6 heteroatoms. The second-order valence-electron chi connectivity index (χ2n) is 7.14. The predicted molar refractivity (Wildman–Crippen MR) is 108 cm³/mol. The van der Waals surface area contributed by atoms with Gasteiger partial charge in [0, 0.05) is 17.2 Å². The van der Waals surface area contributed by atoms with Gasteiger partial charge in [0.15, 0.2) is 0 Å². The molecule has 0 spiro atoms. The van der Waals surface area contributed by atoms with E-state index in [0.717, 1.165) is 41.6 Å². The molecule has 3 aromatic rings. The summed E-state index contributed by atoms with van der Waals surface area (Å²) in [5.41, 5.74) is 4.80. The lowest BCUT2D eigenvalue weighted by atomic mass is 9.97. The molecule has 1 aromatic heterocycles. The Kier molecular flexibility index (Phi) is 5.21. The first kappa shape index (κ1) is 18.4. The SMILES string of the molecule is CCNCc1nnc(-c2ccc(-c3cc(C(=O)NC4CC4)ccc3C)cc2)o1. The fourth-order valence-electron chi connectivity index (χ4n) is 3.04. The molecule has 144 valence electrons. The van der Waals surface area contributed by atoms with Crippen LogP contribution < -0.4 is 10.6 Å². The number of hydrogen-bond donors (Lipinski definition) is 2. The highest BCUT2D eigenvalue weighted by atomic mass is 16.4. The minimum absolute atomic E-state index is 0.000511. The van der Waals surface area contributed by atoms with E-state index in [1.807, 2.05) is 49.4 Å². The zero-order valence-electron chi connectivity index (χ0n) is 16.2. The van der Waals surface area contributed by atoms with Crippen LogP contribution in [0.3, 0.4) is 0 Å². The van der Waals surface area contributed by atoms with Crippen LogP contribution >= 0.6 is 0 Å². The van der Waals surface area contributed by atoms with Crippen LogP contribution in [0.2, 0.25) is 0 Å². The van der Waals surface area contributed by atoms with Crippen LogP contribution in [0.15, 0.2) is 46.9 Å². The summed E-state index contributed by atoms with van der Waals surface area (Å²) >= 11 is 0. The molecule has 0 saturated heterocycles. The van der Waals surface area contributed by atoms with Gasteiger partial charge in [-0.15, -0.1) is 10.2 Å². The Labute approximate surface area is 164 Å². The third kappa shape index (κ3) is 4.12. The number of nitrogens with one attached hydrogen (secondary N) is 2. The second kappa shape index (κ2) is 7.94. The minimum Gasteiger partial charge on any atom is -0.419 e. The van der Waals surface area contributed by atoms with Crippen molar-refractivity contribution < 1.29 is 9.21 Å². The highest BCUT2D eigenvalue weighted by molar-refractivity contribution is 5.96. The van der Waals surface area contributed by atoms with E-state index < -0.39 is 0 Å². The molecule has 0 aliphatic heterocycles. The summed E-state index contributed by atoms with van der Waals surface area (Å²) in [5.74, 6) is 1.08. The quantitative estimate of drug-likeness (QED) is 0.657. The van der Waals surface area contributed by atoms with E-state index in [9.17, 15) is 4.79 Å². The first-order valence-electron chi connectivity index (χ1n) is 9.69. The largest absolute Gasteiger partial charge is 0.419 e. The topological polar surface area (TPSA) is 80.0 Å². The number of carbonyl (C=O) groups excluding carboxylic acids is 1. The van der Waals surface area contributed by atoms with Gasteiger partial charge in [0.1, 0.15) is 0 Å². The van der Waals surface area contributed by atoms with Gasteiger partial charge in [-0.1, -0.05) is 25.1 Å². The first-order chi connectivity index (χ1) is 13.6. The number of aromatic nitrogens is 2. The second-order valence-corrected chi connectivity index (χ2v) is 7.14. The molecule has 0 radical (unpaired) electrons. The van der Waals surface area contributed by atoms with Crippen LogP contribution in [-0.4, -0.2) is 28.7 Å². The predicted octanol–water partition coefficient (Wildman–Crippen LogP) is 3.71. The maximum Gasteiger partial charge on any atom is 0.251 e. The van der Waals surface area contributed by atoms with Gasteiger partial charge in [-0.05, 0) is 67.3 Å². The fourth-order valence-corrected chi connectivity index (χ4v) is 3.04. The Bertz CT molecular complexity index is 974. The van der Waals surface area contributed by atoms with Crippen LogP contribution in [0.5, 0.6) is 0 Å². The minimum atomic E-state index is -0.000511. The van der Waals surface area contributed by atoms with E-state index in [1.165, 1.54) is 0 Å². The van der Waals surface area contributed by atoms with E-state index in [1.54, 1.807) is 0 Å². The van der Waals surface area contributed by atoms with Gasteiger partial charge >= 0.3 is 0 Å². The molecule has 1 aliphatic rings. The standard InChI is InChI=1S/C22H24N4O2/c1-3-23-13-20-25-26-22(28-20)16-8-6-15(7-9-16)19-12-17(5-4-14(19)2)21(27)24-18-10-11-18/h4-9,12,18,23H,3,10-11,13H2,1-2H3,(H,24,27). The number of rotatable bonds is 7. The van der Waals surface area contributed by atoms with Crippen molar-refractivity contribution in [3.8, 4) is 22.6 Å². The number of hydrogen-bond acceptors (Lipinski definition) is 5. The van der Waals surface area contributed by atoms with Crippen LogP contribution in [0.4, 0.5) is 0 Å². The third-order valence-electron chi connectivity index (χ3n) is 4.85. The van der Waals surface area contributed by atoms with Crippen LogP contribution in [0.25, 0.3) is 22.6 Å². The zero-order valence-corrected chi connectivity index (χ0v) is 16.2. The zero-order chi connectivity index (χ0) is 19.5. The molecule has 2 N–H and O–H groups in total. The molecule has 6 nitrogen and oxygen atoms in total. The van der Waals surface area contributed by atoms with Crippen LogP contribution in [0.1, 0.15) is 41.6 Å². The molecular formula is C22H24N4O2. The molecule has 0 atom stereocenters. The van der Waals surface area contributed by atoms with E-state index in [-0.39, 0.29) is 5.91 Å². The van der Waals surface area contributed by atoms with Crippen molar-refractivity contribution in [1.82, 2.24) is 20.8 Å². The Morgan fingerprint density at radius 2 is 1.86 bits per heavy atom. The number of carbonyl (C=O) groups is 1. The lowest BCUT2D eigenvalue weighted by molar-refractivity contribution is 0.0951. The third-order valence-corrected chi connectivity index (χ3v) is 4.85. The lowest BCUT2D eigenvalue weighted by Crippen LogP contribution is -2.25. The van der Waals surface area contributed by atoms with Crippen molar-refractivity contribution in [1.29, 1.82) is 0 Å². The average molecular weight is 376 g/mol. The first-order valence-corrected chi connectivity index (χ1v) is 9.69. The van der Waals surface area contributed by atoms with Crippen molar-refractivity contribution in [3.63, 3.8) is 0 Å². The molecular weight excluding hydrogens is 352 g/mol. The van der Waals surface area contributed by atoms with E-state index in [2.05, 4.69) is 27.8 Å². The van der Waals surface area contributed by atoms with Gasteiger partial charge in [-0.3, -0.25) is 4.79 Å². The normalized spacial score (nSPS) is 13.5. The summed E-state index contributed by atoms with van der Waals surface area (Å²) in [6, 6.07) is 14.2. The van der Waals surface area contributed by atoms with Crippen molar-refractivity contribution in [2.45, 2.75) is 39.3 Å². The average Bonchev–Trinajstić information content (AvgIpc) is 3.40. The number of amides is 1. The molecule has 4 rings (SSSR count). The maximum absolute atomic E-state index is 12.4. The maximum atomic E-state index is 12.4. The molecule has 1 aliphatic carbocycles. The number of aryl methyl sites for hydroxylation is 1. The molecule has 1 saturated carbocycles.